The van der Waals surface area contributed by atoms with E-state index < -0.39 is 5.97 Å². The molecule has 1 saturated heterocycles. The first kappa shape index (κ1) is 24.1. The molecule has 1 unspecified atom stereocenters. The number of rotatable bonds is 11. The molecule has 1 atom stereocenters. The first-order valence-electron chi connectivity index (χ1n) is 12.1. The normalized spacial score (nSPS) is 15.1. The minimum Gasteiger partial charge on any atom is -0.493 e. The first-order chi connectivity index (χ1) is 15.5. The lowest BCUT2D eigenvalue weighted by Crippen LogP contribution is -2.32. The highest BCUT2D eigenvalue weighted by Crippen LogP contribution is 2.32. The van der Waals surface area contributed by atoms with Gasteiger partial charge in [0.15, 0.2) is 0 Å². The van der Waals surface area contributed by atoms with Gasteiger partial charge in [0, 0.05) is 24.8 Å². The fourth-order valence-electron chi connectivity index (χ4n) is 4.56. The molecule has 0 saturated carbocycles. The number of nitrogens with one attached hydrogen (secondary N) is 1. The molecule has 32 heavy (non-hydrogen) atoms. The van der Waals surface area contributed by atoms with Gasteiger partial charge in [0.2, 0.25) is 0 Å². The number of aromatic carboxylic acids is 1. The summed E-state index contributed by atoms with van der Waals surface area (Å²) in [5.74, 6) is 0.0810. The Hall–Kier alpha value is -2.53. The third kappa shape index (κ3) is 6.49. The van der Waals surface area contributed by atoms with Crippen LogP contribution < -0.4 is 15.0 Å². The van der Waals surface area contributed by atoms with E-state index in [0.717, 1.165) is 38.0 Å². The second kappa shape index (κ2) is 11.9. The van der Waals surface area contributed by atoms with E-state index in [1.165, 1.54) is 30.5 Å². The molecule has 5 heteroatoms. The van der Waals surface area contributed by atoms with Gasteiger partial charge >= 0.3 is 5.97 Å². The molecule has 5 nitrogen and oxygen atoms in total. The highest BCUT2D eigenvalue weighted by molar-refractivity contribution is 5.91. The van der Waals surface area contributed by atoms with Crippen molar-refractivity contribution in [3.8, 4) is 5.75 Å². The molecule has 2 N–H and O–H groups in total. The van der Waals surface area contributed by atoms with Crippen LogP contribution in [0.3, 0.4) is 0 Å². The van der Waals surface area contributed by atoms with Crippen LogP contribution in [0.15, 0.2) is 42.5 Å². The number of benzene rings is 2. The van der Waals surface area contributed by atoms with Crippen molar-refractivity contribution >= 4 is 11.7 Å². The summed E-state index contributed by atoms with van der Waals surface area (Å²) in [6.45, 7) is 9.98. The highest BCUT2D eigenvalue weighted by Gasteiger charge is 2.21. The van der Waals surface area contributed by atoms with Gasteiger partial charge in [-0.05, 0) is 80.8 Å². The smallest absolute Gasteiger partial charge is 0.339 e. The van der Waals surface area contributed by atoms with Gasteiger partial charge in [-0.1, -0.05) is 38.1 Å². The summed E-state index contributed by atoms with van der Waals surface area (Å²) in [5.41, 5.74) is 4.06. The number of para-hydroxylation sites is 1. The van der Waals surface area contributed by atoms with Crippen molar-refractivity contribution in [1.82, 2.24) is 5.32 Å². The lowest BCUT2D eigenvalue weighted by molar-refractivity contribution is 0.0692. The van der Waals surface area contributed by atoms with Crippen LogP contribution in [-0.4, -0.2) is 37.3 Å². The largest absolute Gasteiger partial charge is 0.493 e. The van der Waals surface area contributed by atoms with E-state index in [-0.39, 0.29) is 11.6 Å². The third-order valence-electron chi connectivity index (χ3n) is 6.10. The highest BCUT2D eigenvalue weighted by atomic mass is 16.5. The van der Waals surface area contributed by atoms with Gasteiger partial charge in [-0.25, -0.2) is 4.79 Å². The molecule has 1 heterocycles. The average molecular weight is 439 g/mol. The molecule has 3 rings (SSSR count). The molecular formula is C27H38N2O3. The number of hydrogen-bond acceptors (Lipinski definition) is 4. The number of ether oxygens (including phenoxy) is 1. The van der Waals surface area contributed by atoms with Crippen LogP contribution in [0, 0.1) is 5.92 Å². The lowest BCUT2D eigenvalue weighted by atomic mass is 9.94. The zero-order chi connectivity index (χ0) is 22.9. The van der Waals surface area contributed by atoms with Crippen molar-refractivity contribution in [3.63, 3.8) is 0 Å². The van der Waals surface area contributed by atoms with Crippen LogP contribution in [-0.2, 0) is 6.42 Å². The minimum atomic E-state index is -0.954. The average Bonchev–Trinajstić information content (AvgIpc) is 2.79. The Morgan fingerprint density at radius 1 is 1.12 bits per heavy atom. The second-order valence-electron chi connectivity index (χ2n) is 9.06. The van der Waals surface area contributed by atoms with Crippen molar-refractivity contribution < 1.29 is 14.6 Å². The fourth-order valence-corrected chi connectivity index (χ4v) is 4.56. The van der Waals surface area contributed by atoms with Crippen molar-refractivity contribution in [2.45, 2.75) is 58.9 Å². The Kier molecular flexibility index (Phi) is 8.98. The lowest BCUT2D eigenvalue weighted by Gasteiger charge is -2.33. The standard InChI is InChI=1S/C27H38N2O3/c1-4-32-26-19-21(12-13-23(26)27(30)31)14-15-28-24(18-20(2)3)22-10-6-7-11-25(22)29-16-8-5-9-17-29/h6-7,10-13,19-20,24,28H,4-5,8-9,14-18H2,1-3H3,(H,30,31). The Morgan fingerprint density at radius 2 is 1.88 bits per heavy atom. The van der Waals surface area contributed by atoms with Gasteiger partial charge in [0.25, 0.3) is 0 Å². The molecule has 1 aliphatic rings. The van der Waals surface area contributed by atoms with Crippen LogP contribution in [0.25, 0.3) is 0 Å². The van der Waals surface area contributed by atoms with E-state index in [1.807, 2.05) is 19.1 Å². The number of hydrogen-bond donors (Lipinski definition) is 2. The summed E-state index contributed by atoms with van der Waals surface area (Å²) in [4.78, 5) is 14.0. The molecule has 0 aliphatic carbocycles. The summed E-state index contributed by atoms with van der Waals surface area (Å²) in [5, 5.41) is 13.2. The quantitative estimate of drug-likeness (QED) is 0.472. The third-order valence-corrected chi connectivity index (χ3v) is 6.10. The predicted octanol–water partition coefficient (Wildman–Crippen LogP) is 5.69. The van der Waals surface area contributed by atoms with Gasteiger partial charge in [-0.2, -0.15) is 0 Å². The molecular weight excluding hydrogens is 400 g/mol. The zero-order valence-electron chi connectivity index (χ0n) is 19.8. The number of nitrogens with zero attached hydrogens (tertiary/aromatic N) is 1. The Bertz CT molecular complexity index is 875. The maximum atomic E-state index is 11.4. The van der Waals surface area contributed by atoms with Gasteiger partial charge < -0.3 is 20.1 Å². The van der Waals surface area contributed by atoms with Gasteiger partial charge in [0.1, 0.15) is 11.3 Å². The van der Waals surface area contributed by atoms with E-state index in [9.17, 15) is 9.90 Å². The van der Waals surface area contributed by atoms with Crippen molar-refractivity contribution in [2.75, 3.05) is 31.1 Å². The topological polar surface area (TPSA) is 61.8 Å². The van der Waals surface area contributed by atoms with Crippen LogP contribution in [0.5, 0.6) is 5.75 Å². The first-order valence-corrected chi connectivity index (χ1v) is 12.1. The van der Waals surface area contributed by atoms with E-state index in [4.69, 9.17) is 4.74 Å². The summed E-state index contributed by atoms with van der Waals surface area (Å²) in [6, 6.07) is 14.6. The Morgan fingerprint density at radius 3 is 2.56 bits per heavy atom. The SMILES string of the molecule is CCOc1cc(CCNC(CC(C)C)c2ccccc2N2CCCCC2)ccc1C(=O)O. The molecule has 2 aromatic rings. The number of carbonyl (C=O) groups is 1. The van der Waals surface area contributed by atoms with Crippen LogP contribution in [0.4, 0.5) is 5.69 Å². The summed E-state index contributed by atoms with van der Waals surface area (Å²) in [7, 11) is 0. The van der Waals surface area contributed by atoms with Crippen molar-refractivity contribution in [2.24, 2.45) is 5.92 Å². The van der Waals surface area contributed by atoms with Crippen molar-refractivity contribution in [1.29, 1.82) is 0 Å². The number of carboxylic acid groups (broad SMARTS) is 1. The molecule has 2 aromatic carbocycles. The van der Waals surface area contributed by atoms with E-state index >= 15 is 0 Å². The molecule has 174 valence electrons. The van der Waals surface area contributed by atoms with Gasteiger partial charge in [-0.15, -0.1) is 0 Å². The number of piperidine rings is 1. The monoisotopic (exact) mass is 438 g/mol. The van der Waals surface area contributed by atoms with Gasteiger partial charge in [-0.3, -0.25) is 0 Å². The molecule has 0 spiro atoms. The molecule has 1 aliphatic heterocycles. The summed E-state index contributed by atoms with van der Waals surface area (Å²) in [6.07, 6.45) is 5.76. The van der Waals surface area contributed by atoms with E-state index in [1.54, 1.807) is 6.07 Å². The Labute approximate surface area is 192 Å². The van der Waals surface area contributed by atoms with Gasteiger partial charge in [0.05, 0.1) is 6.61 Å². The number of anilines is 1. The van der Waals surface area contributed by atoms with Crippen LogP contribution in [0.1, 0.15) is 74.0 Å². The molecule has 0 amide bonds. The Balaban J connectivity index is 1.72. The van der Waals surface area contributed by atoms with Crippen LogP contribution >= 0.6 is 0 Å². The maximum absolute atomic E-state index is 11.4. The maximum Gasteiger partial charge on any atom is 0.339 e. The second-order valence-corrected chi connectivity index (χ2v) is 9.06. The molecule has 1 fully saturated rings. The van der Waals surface area contributed by atoms with E-state index in [0.29, 0.717) is 18.3 Å². The molecule has 0 aromatic heterocycles. The van der Waals surface area contributed by atoms with Crippen LogP contribution in [0.2, 0.25) is 0 Å². The number of carboxylic acids is 1. The minimum absolute atomic E-state index is 0.219. The fraction of sp³-hybridized carbons (Fsp3) is 0.519. The zero-order valence-corrected chi connectivity index (χ0v) is 19.8. The predicted molar refractivity (Wildman–Crippen MR) is 131 cm³/mol. The molecule has 0 bridgehead atoms. The van der Waals surface area contributed by atoms with Crippen molar-refractivity contribution in [3.05, 3.63) is 59.2 Å². The molecule has 0 radical (unpaired) electrons. The summed E-state index contributed by atoms with van der Waals surface area (Å²) < 4.78 is 5.56. The van der Waals surface area contributed by atoms with E-state index in [2.05, 4.69) is 48.3 Å². The summed E-state index contributed by atoms with van der Waals surface area (Å²) >= 11 is 0.